The van der Waals surface area contributed by atoms with Gasteiger partial charge in [-0.1, -0.05) is 11.6 Å². The monoisotopic (exact) mass is 505 g/mol. The summed E-state index contributed by atoms with van der Waals surface area (Å²) in [6.45, 7) is 0.487. The van der Waals surface area contributed by atoms with Gasteiger partial charge in [-0.2, -0.15) is 13.2 Å². The van der Waals surface area contributed by atoms with E-state index in [0.29, 0.717) is 6.07 Å². The number of hydrogen-bond donors (Lipinski definition) is 0. The van der Waals surface area contributed by atoms with Crippen LogP contribution in [0.3, 0.4) is 0 Å². The van der Waals surface area contributed by atoms with Crippen LogP contribution in [0.4, 0.5) is 18.9 Å². The van der Waals surface area contributed by atoms with E-state index >= 15 is 0 Å². The molecule has 0 aromatic heterocycles. The summed E-state index contributed by atoms with van der Waals surface area (Å²) in [6, 6.07) is 5.55. The van der Waals surface area contributed by atoms with Crippen LogP contribution in [0.15, 0.2) is 36.4 Å². The first kappa shape index (κ1) is 27.0. The second-order valence-electron chi connectivity index (χ2n) is 6.85. The standard InChI is InChI=1S/C21H19ClF3NO8/c1-12(9-31-2)33-20(28)11-32-10-18(27)15-8-14(4-5-17(15)26(29)30)34-19-6-3-13(7-16(19)22)21(23,24)25/h3-8,12H,9-11H2,1-2H3. The molecule has 0 bridgehead atoms. The molecule has 0 amide bonds. The van der Waals surface area contributed by atoms with Gasteiger partial charge in [-0.3, -0.25) is 14.9 Å². The van der Waals surface area contributed by atoms with E-state index in [9.17, 15) is 32.9 Å². The lowest BCUT2D eigenvalue weighted by molar-refractivity contribution is -0.385. The van der Waals surface area contributed by atoms with E-state index in [1.807, 2.05) is 0 Å². The normalized spacial score (nSPS) is 12.2. The molecule has 34 heavy (non-hydrogen) atoms. The van der Waals surface area contributed by atoms with Crippen molar-refractivity contribution in [3.8, 4) is 11.5 Å². The molecule has 0 aliphatic heterocycles. The van der Waals surface area contributed by atoms with Crippen LogP contribution in [0, 0.1) is 10.1 Å². The first-order valence-electron chi connectivity index (χ1n) is 9.54. The summed E-state index contributed by atoms with van der Waals surface area (Å²) < 4.78 is 58.5. The Balaban J connectivity index is 2.13. The smallest absolute Gasteiger partial charge is 0.416 e. The highest BCUT2D eigenvalue weighted by molar-refractivity contribution is 6.32. The number of nitrogens with zero attached hydrogens (tertiary/aromatic N) is 1. The molecular formula is C21H19ClF3NO8. The molecule has 0 saturated carbocycles. The van der Waals surface area contributed by atoms with Crippen LogP contribution in [0.2, 0.25) is 5.02 Å². The molecule has 0 fully saturated rings. The molecular weight excluding hydrogens is 487 g/mol. The predicted molar refractivity (Wildman–Crippen MR) is 112 cm³/mol. The zero-order chi connectivity index (χ0) is 25.5. The number of Topliss-reactive ketones (excluding diaryl/α,β-unsaturated/α-hetero) is 1. The van der Waals surface area contributed by atoms with E-state index in [1.54, 1.807) is 6.92 Å². The summed E-state index contributed by atoms with van der Waals surface area (Å²) >= 11 is 5.85. The van der Waals surface area contributed by atoms with Crippen molar-refractivity contribution in [2.45, 2.75) is 19.2 Å². The number of benzene rings is 2. The Hall–Kier alpha value is -3.22. The maximum Gasteiger partial charge on any atom is 0.416 e. The lowest BCUT2D eigenvalue weighted by Crippen LogP contribution is -2.24. The quantitative estimate of drug-likeness (QED) is 0.184. The van der Waals surface area contributed by atoms with Gasteiger partial charge >= 0.3 is 12.1 Å². The fourth-order valence-corrected chi connectivity index (χ4v) is 2.90. The number of alkyl halides is 3. The number of carbonyl (C=O) groups excluding carboxylic acids is 2. The van der Waals surface area contributed by atoms with Crippen LogP contribution in [0.1, 0.15) is 22.8 Å². The predicted octanol–water partition coefficient (Wildman–Crippen LogP) is 4.84. The Morgan fingerprint density at radius 1 is 1.15 bits per heavy atom. The minimum Gasteiger partial charge on any atom is -0.459 e. The Kier molecular flexibility index (Phi) is 9.36. The summed E-state index contributed by atoms with van der Waals surface area (Å²) in [6.07, 6.45) is -5.15. The lowest BCUT2D eigenvalue weighted by Gasteiger charge is -2.13. The van der Waals surface area contributed by atoms with E-state index < -0.39 is 59.0 Å². The Morgan fingerprint density at radius 2 is 1.85 bits per heavy atom. The molecule has 2 aromatic carbocycles. The van der Waals surface area contributed by atoms with Gasteiger partial charge in [0.2, 0.25) is 0 Å². The van der Waals surface area contributed by atoms with Crippen molar-refractivity contribution in [2.24, 2.45) is 0 Å². The zero-order valence-electron chi connectivity index (χ0n) is 17.9. The van der Waals surface area contributed by atoms with Crippen molar-refractivity contribution in [1.29, 1.82) is 0 Å². The van der Waals surface area contributed by atoms with Crippen LogP contribution in [-0.4, -0.2) is 49.7 Å². The van der Waals surface area contributed by atoms with Crippen molar-refractivity contribution >= 4 is 29.0 Å². The fraction of sp³-hybridized carbons (Fsp3) is 0.333. The molecule has 0 aliphatic carbocycles. The van der Waals surface area contributed by atoms with Gasteiger partial charge in [-0.15, -0.1) is 0 Å². The second kappa shape index (κ2) is 11.8. The lowest BCUT2D eigenvalue weighted by atomic mass is 10.1. The van der Waals surface area contributed by atoms with E-state index in [4.69, 9.17) is 30.5 Å². The molecule has 2 aromatic rings. The number of rotatable bonds is 11. The SMILES string of the molecule is COCC(C)OC(=O)COCC(=O)c1cc(Oc2ccc(C(F)(F)F)cc2Cl)ccc1[N+](=O)[O-]. The molecule has 1 atom stereocenters. The largest absolute Gasteiger partial charge is 0.459 e. The van der Waals surface area contributed by atoms with Gasteiger partial charge in [-0.25, -0.2) is 4.79 Å². The second-order valence-corrected chi connectivity index (χ2v) is 7.26. The number of nitro benzene ring substituents is 1. The first-order valence-corrected chi connectivity index (χ1v) is 9.92. The zero-order valence-corrected chi connectivity index (χ0v) is 18.6. The van der Waals surface area contributed by atoms with E-state index in [1.165, 1.54) is 7.11 Å². The van der Waals surface area contributed by atoms with Gasteiger partial charge in [0, 0.05) is 13.2 Å². The van der Waals surface area contributed by atoms with Crippen LogP contribution in [0.5, 0.6) is 11.5 Å². The maximum atomic E-state index is 12.8. The molecule has 0 radical (unpaired) electrons. The Bertz CT molecular complexity index is 1060. The first-order chi connectivity index (χ1) is 15.9. The highest BCUT2D eigenvalue weighted by Gasteiger charge is 2.31. The third-order valence-corrected chi connectivity index (χ3v) is 4.43. The summed E-state index contributed by atoms with van der Waals surface area (Å²) in [7, 11) is 1.43. The third kappa shape index (κ3) is 7.68. The maximum absolute atomic E-state index is 12.8. The van der Waals surface area contributed by atoms with E-state index in [-0.39, 0.29) is 23.1 Å². The highest BCUT2D eigenvalue weighted by Crippen LogP contribution is 2.37. The van der Waals surface area contributed by atoms with Gasteiger partial charge in [0.25, 0.3) is 5.69 Å². The number of hydrogen-bond acceptors (Lipinski definition) is 8. The van der Waals surface area contributed by atoms with Gasteiger partial charge in [-0.05, 0) is 37.3 Å². The Morgan fingerprint density at radius 3 is 2.44 bits per heavy atom. The molecule has 9 nitrogen and oxygen atoms in total. The summed E-state index contributed by atoms with van der Waals surface area (Å²) in [5.74, 6) is -1.86. The summed E-state index contributed by atoms with van der Waals surface area (Å²) in [4.78, 5) is 34.7. The van der Waals surface area contributed by atoms with Crippen LogP contribution < -0.4 is 4.74 Å². The number of halogens is 4. The van der Waals surface area contributed by atoms with Crippen molar-refractivity contribution in [3.63, 3.8) is 0 Å². The van der Waals surface area contributed by atoms with E-state index in [0.717, 1.165) is 30.3 Å². The number of ketones is 1. The van der Waals surface area contributed by atoms with Gasteiger partial charge < -0.3 is 18.9 Å². The van der Waals surface area contributed by atoms with Crippen LogP contribution in [0.25, 0.3) is 0 Å². The molecule has 0 N–H and O–H groups in total. The van der Waals surface area contributed by atoms with Crippen molar-refractivity contribution in [3.05, 3.63) is 62.7 Å². The molecule has 184 valence electrons. The number of esters is 1. The molecule has 0 spiro atoms. The summed E-state index contributed by atoms with van der Waals surface area (Å²) in [5.41, 5.74) is -1.95. The Labute approximate surface area is 196 Å². The van der Waals surface area contributed by atoms with Crippen LogP contribution in [-0.2, 0) is 25.2 Å². The minimum absolute atomic E-state index is 0.0941. The number of methoxy groups -OCH3 is 1. The van der Waals surface area contributed by atoms with Gasteiger partial charge in [0.15, 0.2) is 5.78 Å². The minimum atomic E-state index is -4.61. The van der Waals surface area contributed by atoms with Gasteiger partial charge in [0.05, 0.1) is 22.1 Å². The molecule has 13 heteroatoms. The van der Waals surface area contributed by atoms with Crippen LogP contribution >= 0.6 is 11.6 Å². The average Bonchev–Trinajstić information content (AvgIpc) is 2.74. The molecule has 0 aliphatic rings. The number of carbonyl (C=O) groups is 2. The highest BCUT2D eigenvalue weighted by atomic mass is 35.5. The third-order valence-electron chi connectivity index (χ3n) is 4.14. The van der Waals surface area contributed by atoms with Crippen molar-refractivity contribution in [1.82, 2.24) is 0 Å². The molecule has 1 unspecified atom stereocenters. The molecule has 0 saturated heterocycles. The van der Waals surface area contributed by atoms with Crippen molar-refractivity contribution in [2.75, 3.05) is 26.9 Å². The molecule has 0 heterocycles. The van der Waals surface area contributed by atoms with E-state index in [2.05, 4.69) is 0 Å². The summed E-state index contributed by atoms with van der Waals surface area (Å²) in [5, 5.41) is 10.9. The fourth-order valence-electron chi connectivity index (χ4n) is 2.68. The molecule has 2 rings (SSSR count). The van der Waals surface area contributed by atoms with Gasteiger partial charge in [0.1, 0.15) is 36.4 Å². The van der Waals surface area contributed by atoms with Crippen molar-refractivity contribution < 1.29 is 46.6 Å². The topological polar surface area (TPSA) is 114 Å². The average molecular weight is 506 g/mol. The number of ether oxygens (including phenoxy) is 4. The number of nitro groups is 1.